The standard InChI is InChI=1S/C18H26FNO5/c1-11(2)16(25-17(22)20-18(3,4)5)10-24-14-8-15(23-6)13(19)7-12(14)9-21/h7-9,11,16H,10H2,1-6H3,(H,20,22). The number of nitrogens with one attached hydrogen (secondary N) is 1. The monoisotopic (exact) mass is 355 g/mol. The Hall–Kier alpha value is -2.31. The molecule has 1 aromatic carbocycles. The number of aldehydes is 1. The van der Waals surface area contributed by atoms with Gasteiger partial charge >= 0.3 is 6.09 Å². The molecule has 1 N–H and O–H groups in total. The maximum Gasteiger partial charge on any atom is 0.407 e. The molecule has 0 saturated carbocycles. The Morgan fingerprint density at radius 1 is 1.28 bits per heavy atom. The molecule has 0 radical (unpaired) electrons. The third kappa shape index (κ3) is 6.60. The summed E-state index contributed by atoms with van der Waals surface area (Å²) in [6.45, 7) is 9.31. The van der Waals surface area contributed by atoms with Crippen LogP contribution in [0, 0.1) is 11.7 Å². The van der Waals surface area contributed by atoms with Crippen LogP contribution in [0.4, 0.5) is 9.18 Å². The summed E-state index contributed by atoms with van der Waals surface area (Å²) in [7, 11) is 1.32. The van der Waals surface area contributed by atoms with Crippen molar-refractivity contribution < 1.29 is 28.2 Å². The zero-order valence-corrected chi connectivity index (χ0v) is 15.5. The Morgan fingerprint density at radius 2 is 1.92 bits per heavy atom. The van der Waals surface area contributed by atoms with E-state index in [4.69, 9.17) is 14.2 Å². The van der Waals surface area contributed by atoms with E-state index in [9.17, 15) is 14.0 Å². The normalized spacial score (nSPS) is 12.5. The third-order valence-electron chi connectivity index (χ3n) is 3.29. The lowest BCUT2D eigenvalue weighted by Gasteiger charge is -2.26. The van der Waals surface area contributed by atoms with E-state index in [1.54, 1.807) is 0 Å². The molecule has 0 saturated heterocycles. The van der Waals surface area contributed by atoms with E-state index in [0.717, 1.165) is 6.07 Å². The van der Waals surface area contributed by atoms with E-state index in [-0.39, 0.29) is 29.6 Å². The van der Waals surface area contributed by atoms with Crippen LogP contribution in [-0.2, 0) is 4.74 Å². The van der Waals surface area contributed by atoms with E-state index in [0.29, 0.717) is 6.29 Å². The second-order valence-corrected chi connectivity index (χ2v) is 7.02. The predicted molar refractivity (Wildman–Crippen MR) is 91.8 cm³/mol. The SMILES string of the molecule is COc1cc(OCC(OC(=O)NC(C)(C)C)C(C)C)c(C=O)cc1F. The number of amides is 1. The minimum absolute atomic E-state index is 0.0187. The highest BCUT2D eigenvalue weighted by molar-refractivity contribution is 5.80. The van der Waals surface area contributed by atoms with Crippen molar-refractivity contribution in [2.45, 2.75) is 46.3 Å². The molecule has 140 valence electrons. The molecule has 1 rings (SSSR count). The van der Waals surface area contributed by atoms with Gasteiger partial charge in [0.05, 0.1) is 12.7 Å². The van der Waals surface area contributed by atoms with Gasteiger partial charge in [-0.15, -0.1) is 0 Å². The number of hydrogen-bond donors (Lipinski definition) is 1. The van der Waals surface area contributed by atoms with Crippen LogP contribution in [0.3, 0.4) is 0 Å². The molecule has 0 fully saturated rings. The van der Waals surface area contributed by atoms with E-state index in [1.165, 1.54) is 13.2 Å². The fraction of sp³-hybridized carbons (Fsp3) is 0.556. The Labute approximate surface area is 147 Å². The van der Waals surface area contributed by atoms with Crippen LogP contribution in [0.5, 0.6) is 11.5 Å². The molecular weight excluding hydrogens is 329 g/mol. The van der Waals surface area contributed by atoms with Crippen molar-refractivity contribution in [3.63, 3.8) is 0 Å². The lowest BCUT2D eigenvalue weighted by molar-refractivity contribution is 0.0348. The maximum atomic E-state index is 13.7. The molecule has 0 spiro atoms. The quantitative estimate of drug-likeness (QED) is 0.757. The summed E-state index contributed by atoms with van der Waals surface area (Å²) in [5.41, 5.74) is -0.367. The van der Waals surface area contributed by atoms with E-state index in [1.807, 2.05) is 34.6 Å². The molecule has 0 bridgehead atoms. The van der Waals surface area contributed by atoms with E-state index < -0.39 is 23.6 Å². The summed E-state index contributed by atoms with van der Waals surface area (Å²) < 4.78 is 29.5. The molecule has 0 aliphatic rings. The first-order chi connectivity index (χ1) is 11.6. The summed E-state index contributed by atoms with van der Waals surface area (Å²) in [4.78, 5) is 23.0. The topological polar surface area (TPSA) is 73.9 Å². The molecule has 7 heteroatoms. The van der Waals surface area contributed by atoms with Crippen LogP contribution >= 0.6 is 0 Å². The van der Waals surface area contributed by atoms with Crippen LogP contribution in [-0.4, -0.2) is 37.7 Å². The van der Waals surface area contributed by atoms with Crippen LogP contribution in [0.1, 0.15) is 45.0 Å². The minimum Gasteiger partial charge on any atom is -0.494 e. The number of alkyl carbamates (subject to hydrolysis) is 1. The largest absolute Gasteiger partial charge is 0.494 e. The Balaban J connectivity index is 2.84. The molecule has 0 aromatic heterocycles. The first-order valence-electron chi connectivity index (χ1n) is 8.01. The fourth-order valence-electron chi connectivity index (χ4n) is 1.93. The van der Waals surface area contributed by atoms with Gasteiger partial charge in [0, 0.05) is 11.6 Å². The number of halogens is 1. The molecule has 1 atom stereocenters. The highest BCUT2D eigenvalue weighted by Gasteiger charge is 2.23. The Kier molecular flexibility index (Phi) is 7.21. The maximum absolute atomic E-state index is 13.7. The van der Waals surface area contributed by atoms with Gasteiger partial charge in [0.2, 0.25) is 0 Å². The number of carbonyl (C=O) groups excluding carboxylic acids is 2. The smallest absolute Gasteiger partial charge is 0.407 e. The minimum atomic E-state index is -0.654. The second kappa shape index (κ2) is 8.69. The summed E-state index contributed by atoms with van der Waals surface area (Å²) in [6, 6.07) is 2.34. The summed E-state index contributed by atoms with van der Waals surface area (Å²) >= 11 is 0. The molecule has 6 nitrogen and oxygen atoms in total. The first-order valence-corrected chi connectivity index (χ1v) is 8.01. The van der Waals surface area contributed by atoms with E-state index in [2.05, 4.69) is 5.32 Å². The van der Waals surface area contributed by atoms with Gasteiger partial charge in [0.25, 0.3) is 0 Å². The Morgan fingerprint density at radius 3 is 2.40 bits per heavy atom. The molecule has 1 unspecified atom stereocenters. The molecular formula is C18H26FNO5. The zero-order valence-electron chi connectivity index (χ0n) is 15.5. The number of carbonyl (C=O) groups is 2. The van der Waals surface area contributed by atoms with Gasteiger partial charge in [0.1, 0.15) is 18.5 Å². The van der Waals surface area contributed by atoms with Crippen molar-refractivity contribution in [3.8, 4) is 11.5 Å². The molecule has 1 aromatic rings. The Bertz CT molecular complexity index is 610. The molecule has 25 heavy (non-hydrogen) atoms. The van der Waals surface area contributed by atoms with Crippen LogP contribution in [0.25, 0.3) is 0 Å². The van der Waals surface area contributed by atoms with Crippen molar-refractivity contribution in [2.75, 3.05) is 13.7 Å². The summed E-state index contributed by atoms with van der Waals surface area (Å²) in [5.74, 6) is -0.544. The summed E-state index contributed by atoms with van der Waals surface area (Å²) in [6.07, 6.45) is -0.602. The van der Waals surface area contributed by atoms with Gasteiger partial charge in [-0.3, -0.25) is 4.79 Å². The van der Waals surface area contributed by atoms with E-state index >= 15 is 0 Å². The van der Waals surface area contributed by atoms with Crippen LogP contribution < -0.4 is 14.8 Å². The number of rotatable bonds is 7. The average Bonchev–Trinajstić information content (AvgIpc) is 2.49. The van der Waals surface area contributed by atoms with Gasteiger partial charge in [-0.05, 0) is 32.8 Å². The molecule has 0 heterocycles. The average molecular weight is 355 g/mol. The van der Waals surface area contributed by atoms with Gasteiger partial charge in [-0.25, -0.2) is 9.18 Å². The third-order valence-corrected chi connectivity index (χ3v) is 3.29. The lowest BCUT2D eigenvalue weighted by Crippen LogP contribution is -2.44. The number of benzene rings is 1. The second-order valence-electron chi connectivity index (χ2n) is 7.02. The number of methoxy groups -OCH3 is 1. The molecule has 0 aliphatic heterocycles. The van der Waals surface area contributed by atoms with Gasteiger partial charge in [-0.2, -0.15) is 0 Å². The van der Waals surface area contributed by atoms with Crippen LogP contribution in [0.15, 0.2) is 12.1 Å². The highest BCUT2D eigenvalue weighted by atomic mass is 19.1. The van der Waals surface area contributed by atoms with Crippen LogP contribution in [0.2, 0.25) is 0 Å². The highest BCUT2D eigenvalue weighted by Crippen LogP contribution is 2.27. The fourth-order valence-corrected chi connectivity index (χ4v) is 1.93. The number of ether oxygens (including phenoxy) is 3. The van der Waals surface area contributed by atoms with Crippen molar-refractivity contribution in [3.05, 3.63) is 23.5 Å². The van der Waals surface area contributed by atoms with Gasteiger partial charge < -0.3 is 19.5 Å². The van der Waals surface area contributed by atoms with Gasteiger partial charge in [-0.1, -0.05) is 13.8 Å². The summed E-state index contributed by atoms with van der Waals surface area (Å²) in [5, 5.41) is 2.71. The number of hydrogen-bond acceptors (Lipinski definition) is 5. The predicted octanol–water partition coefficient (Wildman–Crippen LogP) is 3.57. The van der Waals surface area contributed by atoms with Crippen molar-refractivity contribution in [1.29, 1.82) is 0 Å². The lowest BCUT2D eigenvalue weighted by atomic mass is 10.1. The van der Waals surface area contributed by atoms with Crippen molar-refractivity contribution in [1.82, 2.24) is 5.32 Å². The van der Waals surface area contributed by atoms with Gasteiger partial charge in [0.15, 0.2) is 17.9 Å². The molecule has 1 amide bonds. The van der Waals surface area contributed by atoms with Crippen molar-refractivity contribution in [2.24, 2.45) is 5.92 Å². The first kappa shape index (κ1) is 20.7. The zero-order chi connectivity index (χ0) is 19.2. The van der Waals surface area contributed by atoms with Crippen molar-refractivity contribution >= 4 is 12.4 Å². The molecule has 0 aliphatic carbocycles.